The van der Waals surface area contributed by atoms with Gasteiger partial charge in [-0.1, -0.05) is 13.8 Å². The van der Waals surface area contributed by atoms with Gasteiger partial charge in [-0.05, 0) is 50.6 Å². The van der Waals surface area contributed by atoms with Crippen LogP contribution in [0.15, 0.2) is 0 Å². The highest BCUT2D eigenvalue weighted by Gasteiger charge is 2.21. The van der Waals surface area contributed by atoms with Crippen LogP contribution in [-0.2, 0) is 4.79 Å². The monoisotopic (exact) mass is 292 g/mol. The van der Waals surface area contributed by atoms with E-state index in [2.05, 4.69) is 24.5 Å². The molecule has 0 aromatic heterocycles. The van der Waals surface area contributed by atoms with Gasteiger partial charge >= 0.3 is 0 Å². The van der Waals surface area contributed by atoms with Crippen LogP contribution in [0.4, 0.5) is 0 Å². The molecule has 0 aliphatic carbocycles. The van der Waals surface area contributed by atoms with Crippen LogP contribution >= 0.6 is 12.4 Å². The Hall–Kier alpha value is -0.320. The lowest BCUT2D eigenvalue weighted by Crippen LogP contribution is -2.40. The maximum absolute atomic E-state index is 12.0. The normalized spacial score (nSPS) is 17.9. The third-order valence-corrected chi connectivity index (χ3v) is 3.62. The van der Waals surface area contributed by atoms with Gasteiger partial charge in [0.05, 0.1) is 0 Å². The first kappa shape index (κ1) is 18.7. The van der Waals surface area contributed by atoms with E-state index in [0.717, 1.165) is 38.8 Å². The van der Waals surface area contributed by atoms with Crippen molar-refractivity contribution >= 4 is 18.3 Å². The Morgan fingerprint density at radius 3 is 2.53 bits per heavy atom. The zero-order chi connectivity index (χ0) is 13.4. The standard InChI is InChI=1S/C14H28N2O2.ClH/c1-11(2)9-12(5-8-17)10-16-14(18)13-3-6-15-7-4-13;/h11-13,15,17H,3-10H2,1-2H3,(H,16,18);1H. The highest BCUT2D eigenvalue weighted by molar-refractivity contribution is 5.85. The zero-order valence-corrected chi connectivity index (χ0v) is 13.0. The van der Waals surface area contributed by atoms with Crippen molar-refractivity contribution in [2.75, 3.05) is 26.2 Å². The van der Waals surface area contributed by atoms with E-state index >= 15 is 0 Å². The van der Waals surface area contributed by atoms with Gasteiger partial charge in [0.25, 0.3) is 0 Å². The molecule has 1 aliphatic heterocycles. The number of hydrogen-bond acceptors (Lipinski definition) is 3. The molecule has 0 bridgehead atoms. The van der Waals surface area contributed by atoms with E-state index in [1.165, 1.54) is 0 Å². The molecule has 4 nitrogen and oxygen atoms in total. The van der Waals surface area contributed by atoms with Gasteiger partial charge in [0.1, 0.15) is 0 Å². The van der Waals surface area contributed by atoms with E-state index in [1.54, 1.807) is 0 Å². The maximum Gasteiger partial charge on any atom is 0.223 e. The van der Waals surface area contributed by atoms with E-state index < -0.39 is 0 Å². The first-order chi connectivity index (χ1) is 8.63. The minimum atomic E-state index is 0. The van der Waals surface area contributed by atoms with Crippen molar-refractivity contribution in [1.29, 1.82) is 0 Å². The number of piperidine rings is 1. The number of aliphatic hydroxyl groups is 1. The molecule has 0 radical (unpaired) electrons. The zero-order valence-electron chi connectivity index (χ0n) is 12.2. The van der Waals surface area contributed by atoms with Crippen LogP contribution in [0.2, 0.25) is 0 Å². The number of hydrogen-bond donors (Lipinski definition) is 3. The van der Waals surface area contributed by atoms with E-state index in [4.69, 9.17) is 5.11 Å². The first-order valence-electron chi connectivity index (χ1n) is 7.22. The molecule has 5 heteroatoms. The summed E-state index contributed by atoms with van der Waals surface area (Å²) in [6.45, 7) is 7.18. The van der Waals surface area contributed by atoms with Crippen LogP contribution in [0, 0.1) is 17.8 Å². The molecule has 1 heterocycles. The fraction of sp³-hybridized carbons (Fsp3) is 0.929. The third kappa shape index (κ3) is 7.75. The Morgan fingerprint density at radius 1 is 1.37 bits per heavy atom. The molecule has 1 unspecified atom stereocenters. The van der Waals surface area contributed by atoms with Gasteiger partial charge in [-0.3, -0.25) is 4.79 Å². The van der Waals surface area contributed by atoms with Crippen LogP contribution in [0.5, 0.6) is 0 Å². The molecule has 3 N–H and O–H groups in total. The Labute approximate surface area is 123 Å². The number of rotatable bonds is 7. The van der Waals surface area contributed by atoms with Gasteiger partial charge in [0.2, 0.25) is 5.91 Å². The van der Waals surface area contributed by atoms with Crippen LogP contribution in [0.1, 0.15) is 39.5 Å². The Balaban J connectivity index is 0.00000324. The van der Waals surface area contributed by atoms with Gasteiger partial charge < -0.3 is 15.7 Å². The van der Waals surface area contributed by atoms with Crippen molar-refractivity contribution in [3.8, 4) is 0 Å². The van der Waals surface area contributed by atoms with Crippen molar-refractivity contribution in [1.82, 2.24) is 10.6 Å². The first-order valence-corrected chi connectivity index (χ1v) is 7.22. The minimum absolute atomic E-state index is 0. The van der Waals surface area contributed by atoms with E-state index in [0.29, 0.717) is 18.4 Å². The van der Waals surface area contributed by atoms with Gasteiger partial charge in [-0.2, -0.15) is 0 Å². The molecule has 1 atom stereocenters. The van der Waals surface area contributed by atoms with Gasteiger partial charge in [0, 0.05) is 19.1 Å². The summed E-state index contributed by atoms with van der Waals surface area (Å²) in [4.78, 5) is 12.0. The van der Waals surface area contributed by atoms with E-state index in [9.17, 15) is 4.79 Å². The summed E-state index contributed by atoms with van der Waals surface area (Å²) in [7, 11) is 0. The van der Waals surface area contributed by atoms with Gasteiger partial charge in [-0.15, -0.1) is 12.4 Å². The Kier molecular flexibility index (Phi) is 10.3. The van der Waals surface area contributed by atoms with Gasteiger partial charge in [0.15, 0.2) is 0 Å². The summed E-state index contributed by atoms with van der Waals surface area (Å²) in [5.74, 6) is 1.39. The largest absolute Gasteiger partial charge is 0.396 e. The molecular weight excluding hydrogens is 264 g/mol. The summed E-state index contributed by atoms with van der Waals surface area (Å²) in [6.07, 6.45) is 3.74. The van der Waals surface area contributed by atoms with Crippen molar-refractivity contribution in [3.05, 3.63) is 0 Å². The predicted octanol–water partition coefficient (Wildman–Crippen LogP) is 1.57. The highest BCUT2D eigenvalue weighted by atomic mass is 35.5. The van der Waals surface area contributed by atoms with Crippen LogP contribution in [0.3, 0.4) is 0 Å². The molecule has 0 spiro atoms. The number of carbonyl (C=O) groups is 1. The van der Waals surface area contributed by atoms with E-state index in [-0.39, 0.29) is 30.8 Å². The Morgan fingerprint density at radius 2 is 2.00 bits per heavy atom. The molecule has 1 rings (SSSR count). The summed E-state index contributed by atoms with van der Waals surface area (Å²) in [6, 6.07) is 0. The van der Waals surface area contributed by atoms with Crippen LogP contribution < -0.4 is 10.6 Å². The number of nitrogens with one attached hydrogen (secondary N) is 2. The second-order valence-corrected chi connectivity index (χ2v) is 5.78. The molecule has 0 aromatic rings. The molecule has 19 heavy (non-hydrogen) atoms. The average molecular weight is 293 g/mol. The van der Waals surface area contributed by atoms with Crippen molar-refractivity contribution in [2.45, 2.75) is 39.5 Å². The molecule has 1 amide bonds. The number of amides is 1. The lowest BCUT2D eigenvalue weighted by atomic mass is 9.93. The molecule has 0 aromatic carbocycles. The van der Waals surface area contributed by atoms with Crippen molar-refractivity contribution < 1.29 is 9.90 Å². The quantitative estimate of drug-likeness (QED) is 0.667. The predicted molar refractivity (Wildman–Crippen MR) is 80.5 cm³/mol. The van der Waals surface area contributed by atoms with Crippen LogP contribution in [0.25, 0.3) is 0 Å². The summed E-state index contributed by atoms with van der Waals surface area (Å²) in [5.41, 5.74) is 0. The smallest absolute Gasteiger partial charge is 0.223 e. The SMILES string of the molecule is CC(C)CC(CCO)CNC(=O)C1CCNCC1.Cl. The number of aliphatic hydroxyl groups excluding tert-OH is 1. The number of halogens is 1. The molecule has 1 aliphatic rings. The lowest BCUT2D eigenvalue weighted by molar-refractivity contribution is -0.126. The fourth-order valence-electron chi connectivity index (χ4n) is 2.63. The summed E-state index contributed by atoms with van der Waals surface area (Å²) < 4.78 is 0. The molecule has 1 saturated heterocycles. The highest BCUT2D eigenvalue weighted by Crippen LogP contribution is 2.16. The fourth-order valence-corrected chi connectivity index (χ4v) is 2.63. The maximum atomic E-state index is 12.0. The van der Waals surface area contributed by atoms with Gasteiger partial charge in [-0.25, -0.2) is 0 Å². The molecule has 0 saturated carbocycles. The summed E-state index contributed by atoms with van der Waals surface area (Å²) >= 11 is 0. The molecular formula is C14H29ClN2O2. The second kappa shape index (κ2) is 10.5. The van der Waals surface area contributed by atoms with Crippen molar-refractivity contribution in [3.63, 3.8) is 0 Å². The Bertz CT molecular complexity index is 244. The van der Waals surface area contributed by atoms with E-state index in [1.807, 2.05) is 0 Å². The van der Waals surface area contributed by atoms with Crippen LogP contribution in [-0.4, -0.2) is 37.3 Å². The minimum Gasteiger partial charge on any atom is -0.396 e. The second-order valence-electron chi connectivity index (χ2n) is 5.78. The molecule has 1 fully saturated rings. The third-order valence-electron chi connectivity index (χ3n) is 3.62. The topological polar surface area (TPSA) is 61.4 Å². The lowest BCUT2D eigenvalue weighted by Gasteiger charge is -2.24. The molecule has 114 valence electrons. The van der Waals surface area contributed by atoms with Crippen molar-refractivity contribution in [2.24, 2.45) is 17.8 Å². The average Bonchev–Trinajstić information content (AvgIpc) is 2.36. The number of carbonyl (C=O) groups excluding carboxylic acids is 1. The summed E-state index contributed by atoms with van der Waals surface area (Å²) in [5, 5.41) is 15.4.